The van der Waals surface area contributed by atoms with Crippen LogP contribution in [0.4, 0.5) is 0 Å². The minimum Gasteiger partial charge on any atom is -0.446 e. The summed E-state index contributed by atoms with van der Waals surface area (Å²) in [6.07, 6.45) is 8.40. The largest absolute Gasteiger partial charge is 0.446 e. The third kappa shape index (κ3) is 4.84. The van der Waals surface area contributed by atoms with E-state index in [0.29, 0.717) is 0 Å². The second-order valence-electron chi connectivity index (χ2n) is 10.7. The van der Waals surface area contributed by atoms with Crippen LogP contribution < -0.4 is 9.47 Å². The second-order valence-corrected chi connectivity index (χ2v) is 13.1. The molecule has 42 heavy (non-hydrogen) atoms. The van der Waals surface area contributed by atoms with Gasteiger partial charge in [0.1, 0.15) is 17.2 Å². The Bertz CT molecular complexity index is 1880. The van der Waals surface area contributed by atoms with Gasteiger partial charge < -0.3 is 9.47 Å². The molecule has 212 valence electrons. The van der Waals surface area contributed by atoms with Gasteiger partial charge in [-0.05, 0) is 86.1 Å². The summed E-state index contributed by atoms with van der Waals surface area (Å²) in [4.78, 5) is 2.69. The van der Waals surface area contributed by atoms with Crippen LogP contribution in [-0.4, -0.2) is 19.6 Å². The van der Waals surface area contributed by atoms with Gasteiger partial charge in [-0.1, -0.05) is 36.4 Å². The zero-order valence-electron chi connectivity index (χ0n) is 24.2. The van der Waals surface area contributed by atoms with E-state index < -0.39 is 0 Å². The molecule has 0 aliphatic heterocycles. The third-order valence-corrected chi connectivity index (χ3v) is 9.99. The zero-order chi connectivity index (χ0) is 28.8. The molecule has 6 aromatic rings. The molecule has 0 saturated heterocycles. The molecule has 6 nitrogen and oxygen atoms in total. The van der Waals surface area contributed by atoms with Crippen molar-refractivity contribution in [3.05, 3.63) is 105 Å². The van der Waals surface area contributed by atoms with Crippen LogP contribution in [0, 0.1) is 13.8 Å². The molecule has 0 amide bonds. The molecule has 0 saturated carbocycles. The highest BCUT2D eigenvalue weighted by molar-refractivity contribution is 7.15. The van der Waals surface area contributed by atoms with Crippen molar-refractivity contribution < 1.29 is 9.47 Å². The molecule has 2 aliphatic carbocycles. The van der Waals surface area contributed by atoms with E-state index in [4.69, 9.17) is 9.47 Å². The summed E-state index contributed by atoms with van der Waals surface area (Å²) in [6.45, 7) is 4.36. The molecule has 8 rings (SSSR count). The fourth-order valence-corrected chi connectivity index (χ4v) is 8.09. The number of nitrogens with zero attached hydrogens (tertiary/aromatic N) is 4. The molecule has 2 aromatic carbocycles. The minimum atomic E-state index is 0.879. The predicted molar refractivity (Wildman–Crippen MR) is 170 cm³/mol. The van der Waals surface area contributed by atoms with Crippen LogP contribution in [-0.2, 0) is 39.8 Å². The fourth-order valence-electron chi connectivity index (χ4n) is 5.96. The molecule has 2 aliphatic rings. The van der Waals surface area contributed by atoms with Gasteiger partial charge in [-0.3, -0.25) is 9.36 Å². The van der Waals surface area contributed by atoms with Gasteiger partial charge in [0.05, 0.1) is 23.0 Å². The highest BCUT2D eigenvalue weighted by Crippen LogP contribution is 2.49. The second kappa shape index (κ2) is 10.9. The van der Waals surface area contributed by atoms with Crippen LogP contribution in [0.1, 0.15) is 32.0 Å². The van der Waals surface area contributed by atoms with Crippen LogP contribution >= 0.6 is 22.7 Å². The van der Waals surface area contributed by atoms with Crippen molar-refractivity contribution in [2.45, 2.75) is 39.5 Å². The Morgan fingerprint density at radius 3 is 1.86 bits per heavy atom. The summed E-state index contributed by atoms with van der Waals surface area (Å²) >= 11 is 3.46. The zero-order valence-corrected chi connectivity index (χ0v) is 25.8. The number of rotatable bonds is 4. The molecule has 0 spiro atoms. The molecule has 0 fully saturated rings. The molecular formula is C34H32N4O2S2. The Morgan fingerprint density at radius 1 is 0.690 bits per heavy atom. The van der Waals surface area contributed by atoms with Gasteiger partial charge >= 0.3 is 0 Å². The van der Waals surface area contributed by atoms with Crippen molar-refractivity contribution in [1.29, 1.82) is 0 Å². The van der Waals surface area contributed by atoms with Crippen molar-refractivity contribution in [2.75, 3.05) is 0 Å². The lowest BCUT2D eigenvalue weighted by molar-refractivity contribution is 0.497. The lowest BCUT2D eigenvalue weighted by Crippen LogP contribution is -2.05. The Morgan fingerprint density at radius 2 is 1.24 bits per heavy atom. The van der Waals surface area contributed by atoms with Gasteiger partial charge in [0.25, 0.3) is 0 Å². The van der Waals surface area contributed by atoms with Crippen molar-refractivity contribution in [1.82, 2.24) is 19.6 Å². The van der Waals surface area contributed by atoms with Gasteiger partial charge in [-0.2, -0.15) is 10.2 Å². The Kier molecular flexibility index (Phi) is 6.96. The maximum absolute atomic E-state index is 6.16. The van der Waals surface area contributed by atoms with Gasteiger partial charge in [0, 0.05) is 30.0 Å². The van der Waals surface area contributed by atoms with E-state index in [2.05, 4.69) is 30.2 Å². The molecule has 0 N–H and O–H groups in total. The number of aromatic nitrogens is 4. The lowest BCUT2D eigenvalue weighted by Gasteiger charge is -2.16. The summed E-state index contributed by atoms with van der Waals surface area (Å²) in [5.74, 6) is 1.76. The van der Waals surface area contributed by atoms with Crippen molar-refractivity contribution in [3.63, 3.8) is 0 Å². The van der Waals surface area contributed by atoms with Crippen LogP contribution in [0.25, 0.3) is 22.5 Å². The van der Waals surface area contributed by atoms with E-state index in [0.717, 1.165) is 53.0 Å². The monoisotopic (exact) mass is 592 g/mol. The van der Waals surface area contributed by atoms with E-state index in [1.165, 1.54) is 48.8 Å². The normalized spacial score (nSPS) is 12.9. The third-order valence-electron chi connectivity index (χ3n) is 7.94. The number of para-hydroxylation sites is 2. The molecule has 0 unspecified atom stereocenters. The van der Waals surface area contributed by atoms with Crippen LogP contribution in [0.5, 0.6) is 21.6 Å². The topological polar surface area (TPSA) is 54.1 Å². The quantitative estimate of drug-likeness (QED) is 0.205. The molecular weight excluding hydrogens is 561 g/mol. The number of benzene rings is 2. The highest BCUT2D eigenvalue weighted by atomic mass is 32.1. The summed E-state index contributed by atoms with van der Waals surface area (Å²) in [5, 5.41) is 11.0. The molecule has 4 aromatic heterocycles. The van der Waals surface area contributed by atoms with Crippen LogP contribution in [0.3, 0.4) is 0 Å². The Labute approximate surface area is 253 Å². The first-order valence-corrected chi connectivity index (χ1v) is 15.8. The SMILES string of the molecule is Cc1sc(Oc2ccccc2)c2c1CCc1cn(C)nc1-2.Cc1sc(Oc2ccccc2)c2c1CCc1cnn(C)c1-2. The van der Waals surface area contributed by atoms with Gasteiger partial charge in [0.15, 0.2) is 10.1 Å². The highest BCUT2D eigenvalue weighted by Gasteiger charge is 2.29. The smallest absolute Gasteiger partial charge is 0.190 e. The maximum Gasteiger partial charge on any atom is 0.190 e. The molecule has 0 radical (unpaired) electrons. The summed E-state index contributed by atoms with van der Waals surface area (Å²) in [5.41, 5.74) is 10.2. The summed E-state index contributed by atoms with van der Waals surface area (Å²) < 4.78 is 16.2. The standard InChI is InChI=1S/2C17H16N2OS/c1-11-14-9-8-12-10-19(2)18-16(12)15(14)17(21-11)20-13-6-4-3-5-7-13;1-11-14-9-8-12-10-18-19(2)16(12)15(14)17(21-11)20-13-6-4-3-5-7-13/h2*3-7,10H,8-9H2,1-2H3. The number of fused-ring (bicyclic) bond motifs is 6. The van der Waals surface area contributed by atoms with Crippen LogP contribution in [0.15, 0.2) is 73.1 Å². The number of aryl methyl sites for hydroxylation is 6. The van der Waals surface area contributed by atoms with Crippen molar-refractivity contribution >= 4 is 22.7 Å². The number of hydrogen-bond acceptors (Lipinski definition) is 6. The fraction of sp³-hybridized carbons (Fsp3) is 0.235. The van der Waals surface area contributed by atoms with E-state index in [9.17, 15) is 0 Å². The van der Waals surface area contributed by atoms with Gasteiger partial charge in [0.2, 0.25) is 0 Å². The van der Waals surface area contributed by atoms with E-state index in [1.807, 2.05) is 90.3 Å². The Hall–Kier alpha value is -4.14. The van der Waals surface area contributed by atoms with Gasteiger partial charge in [-0.25, -0.2) is 0 Å². The average Bonchev–Trinajstić information content (AvgIpc) is 3.74. The summed E-state index contributed by atoms with van der Waals surface area (Å²) in [6, 6.07) is 20.0. The predicted octanol–water partition coefficient (Wildman–Crippen LogP) is 8.70. The molecule has 0 bridgehead atoms. The molecule has 0 atom stereocenters. The first-order chi connectivity index (χ1) is 20.5. The lowest BCUT2D eigenvalue weighted by atomic mass is 9.92. The minimum absolute atomic E-state index is 0.879. The number of ether oxygens (including phenoxy) is 2. The summed E-state index contributed by atoms with van der Waals surface area (Å²) in [7, 11) is 3.99. The molecule has 4 heterocycles. The van der Waals surface area contributed by atoms with Crippen molar-refractivity contribution in [2.24, 2.45) is 14.1 Å². The van der Waals surface area contributed by atoms with Gasteiger partial charge in [-0.15, -0.1) is 22.7 Å². The van der Waals surface area contributed by atoms with E-state index in [1.54, 1.807) is 22.7 Å². The Balaban J connectivity index is 0.000000137. The van der Waals surface area contributed by atoms with E-state index in [-0.39, 0.29) is 0 Å². The maximum atomic E-state index is 6.16. The first-order valence-electron chi connectivity index (χ1n) is 14.2. The van der Waals surface area contributed by atoms with Crippen molar-refractivity contribution in [3.8, 4) is 44.1 Å². The number of hydrogen-bond donors (Lipinski definition) is 0. The first kappa shape index (κ1) is 26.7. The number of thiophene rings is 2. The average molecular weight is 593 g/mol. The van der Waals surface area contributed by atoms with Crippen LogP contribution in [0.2, 0.25) is 0 Å². The van der Waals surface area contributed by atoms with E-state index >= 15 is 0 Å². The molecule has 8 heteroatoms.